The summed E-state index contributed by atoms with van der Waals surface area (Å²) < 4.78 is 4.92. The first-order valence-electron chi connectivity index (χ1n) is 5.16. The lowest BCUT2D eigenvalue weighted by molar-refractivity contribution is -0.152. The van der Waals surface area contributed by atoms with Crippen molar-refractivity contribution in [2.45, 2.75) is 39.2 Å². The lowest BCUT2D eigenvalue weighted by Crippen LogP contribution is -2.41. The molecule has 1 amide bonds. The van der Waals surface area contributed by atoms with Crippen molar-refractivity contribution in [1.82, 2.24) is 4.90 Å². The minimum absolute atomic E-state index is 0.0422. The summed E-state index contributed by atoms with van der Waals surface area (Å²) in [6.45, 7) is 4.65. The third-order valence-corrected chi connectivity index (χ3v) is 2.43. The first-order valence-corrected chi connectivity index (χ1v) is 5.16. The Morgan fingerprint density at radius 3 is 2.71 bits per heavy atom. The number of carbonyl (C=O) groups is 2. The summed E-state index contributed by atoms with van der Waals surface area (Å²) in [5.74, 6) is -0.215. The third kappa shape index (κ3) is 2.25. The van der Waals surface area contributed by atoms with Gasteiger partial charge in [0.15, 0.2) is 0 Å². The summed E-state index contributed by atoms with van der Waals surface area (Å²) in [6.07, 6.45) is 2.09. The molecular weight excluding hydrogens is 182 g/mol. The highest BCUT2D eigenvalue weighted by Gasteiger charge is 2.33. The molecule has 0 spiro atoms. The first kappa shape index (κ1) is 11.0. The summed E-state index contributed by atoms with van der Waals surface area (Å²) in [5.41, 5.74) is 0. The van der Waals surface area contributed by atoms with Crippen LogP contribution in [-0.2, 0) is 14.3 Å². The third-order valence-electron chi connectivity index (χ3n) is 2.43. The molecule has 1 heterocycles. The van der Waals surface area contributed by atoms with Crippen molar-refractivity contribution in [2.24, 2.45) is 0 Å². The Kier molecular flexibility index (Phi) is 3.92. The van der Waals surface area contributed by atoms with Crippen LogP contribution in [-0.4, -0.2) is 36.0 Å². The Morgan fingerprint density at radius 2 is 2.14 bits per heavy atom. The molecule has 4 nitrogen and oxygen atoms in total. The van der Waals surface area contributed by atoms with Gasteiger partial charge in [-0.1, -0.05) is 6.92 Å². The van der Waals surface area contributed by atoms with E-state index >= 15 is 0 Å². The van der Waals surface area contributed by atoms with E-state index in [0.29, 0.717) is 19.6 Å². The van der Waals surface area contributed by atoms with Gasteiger partial charge >= 0.3 is 5.97 Å². The van der Waals surface area contributed by atoms with Gasteiger partial charge in [0.1, 0.15) is 6.04 Å². The molecule has 0 saturated carbocycles. The van der Waals surface area contributed by atoms with E-state index in [1.807, 2.05) is 6.92 Å². The molecule has 0 aromatic heterocycles. The largest absolute Gasteiger partial charge is 0.464 e. The molecule has 0 bridgehead atoms. The van der Waals surface area contributed by atoms with Gasteiger partial charge in [0, 0.05) is 13.0 Å². The summed E-state index contributed by atoms with van der Waals surface area (Å²) in [7, 11) is 0. The highest BCUT2D eigenvalue weighted by atomic mass is 16.5. The summed E-state index contributed by atoms with van der Waals surface area (Å²) in [4.78, 5) is 24.5. The van der Waals surface area contributed by atoms with Crippen LogP contribution in [0.5, 0.6) is 0 Å². The second-order valence-corrected chi connectivity index (χ2v) is 3.35. The molecule has 14 heavy (non-hydrogen) atoms. The lowest BCUT2D eigenvalue weighted by atomic mass is 10.2. The number of ether oxygens (including phenoxy) is 1. The van der Waals surface area contributed by atoms with Gasteiger partial charge in [-0.25, -0.2) is 4.79 Å². The molecule has 1 fully saturated rings. The number of hydrogen-bond donors (Lipinski definition) is 0. The monoisotopic (exact) mass is 199 g/mol. The number of nitrogens with zero attached hydrogens (tertiary/aromatic N) is 1. The molecule has 1 unspecified atom stereocenters. The van der Waals surface area contributed by atoms with Crippen LogP contribution >= 0.6 is 0 Å². The highest BCUT2D eigenvalue weighted by molar-refractivity contribution is 5.85. The second-order valence-electron chi connectivity index (χ2n) is 3.35. The topological polar surface area (TPSA) is 46.6 Å². The number of esters is 1. The van der Waals surface area contributed by atoms with E-state index in [4.69, 9.17) is 4.74 Å². The fourth-order valence-corrected chi connectivity index (χ4v) is 1.75. The Morgan fingerprint density at radius 1 is 1.43 bits per heavy atom. The van der Waals surface area contributed by atoms with Crippen molar-refractivity contribution in [1.29, 1.82) is 0 Å². The van der Waals surface area contributed by atoms with Gasteiger partial charge in [-0.15, -0.1) is 0 Å². The van der Waals surface area contributed by atoms with Crippen LogP contribution in [0.1, 0.15) is 33.1 Å². The van der Waals surface area contributed by atoms with E-state index in [2.05, 4.69) is 0 Å². The van der Waals surface area contributed by atoms with Crippen LogP contribution in [0.15, 0.2) is 0 Å². The van der Waals surface area contributed by atoms with Crippen LogP contribution < -0.4 is 0 Å². The maximum atomic E-state index is 11.5. The summed E-state index contributed by atoms with van der Waals surface area (Å²) in [6, 6.07) is -0.331. The molecule has 0 radical (unpaired) electrons. The molecule has 0 aromatic carbocycles. The summed E-state index contributed by atoms with van der Waals surface area (Å²) >= 11 is 0. The molecule has 80 valence electrons. The highest BCUT2D eigenvalue weighted by Crippen LogP contribution is 2.19. The van der Waals surface area contributed by atoms with E-state index in [-0.39, 0.29) is 17.9 Å². The normalized spacial score (nSPS) is 21.0. The number of carbonyl (C=O) groups excluding carboxylic acids is 2. The first-order chi connectivity index (χ1) is 6.70. The Hall–Kier alpha value is -1.06. The van der Waals surface area contributed by atoms with Crippen LogP contribution in [0, 0.1) is 0 Å². The van der Waals surface area contributed by atoms with E-state index in [0.717, 1.165) is 12.8 Å². The van der Waals surface area contributed by atoms with Gasteiger partial charge in [-0.2, -0.15) is 0 Å². The maximum Gasteiger partial charge on any atom is 0.328 e. The number of amides is 1. The Labute approximate surface area is 84.2 Å². The van der Waals surface area contributed by atoms with Crippen LogP contribution in [0.3, 0.4) is 0 Å². The zero-order chi connectivity index (χ0) is 10.6. The lowest BCUT2D eigenvalue weighted by Gasteiger charge is -2.22. The van der Waals surface area contributed by atoms with Gasteiger partial charge in [0.25, 0.3) is 0 Å². The minimum atomic E-state index is -0.331. The Balaban J connectivity index is 2.59. The maximum absolute atomic E-state index is 11.5. The second kappa shape index (κ2) is 4.98. The molecule has 1 atom stereocenters. The molecular formula is C10H17NO3. The van der Waals surface area contributed by atoms with Crippen molar-refractivity contribution < 1.29 is 14.3 Å². The van der Waals surface area contributed by atoms with Crippen LogP contribution in [0.4, 0.5) is 0 Å². The van der Waals surface area contributed by atoms with Crippen LogP contribution in [0.2, 0.25) is 0 Å². The SMILES string of the molecule is CCOC(=O)C1CCCN1C(=O)CC. The average molecular weight is 199 g/mol. The van der Waals surface area contributed by atoms with E-state index in [1.54, 1.807) is 11.8 Å². The average Bonchev–Trinajstić information content (AvgIpc) is 2.65. The zero-order valence-electron chi connectivity index (χ0n) is 8.78. The molecule has 1 aliphatic rings. The van der Waals surface area contributed by atoms with Gasteiger partial charge in [0.05, 0.1) is 6.61 Å². The molecule has 1 rings (SSSR count). The molecule has 0 aliphatic carbocycles. The van der Waals surface area contributed by atoms with Crippen molar-refractivity contribution in [3.05, 3.63) is 0 Å². The number of rotatable bonds is 3. The van der Waals surface area contributed by atoms with E-state index in [9.17, 15) is 9.59 Å². The van der Waals surface area contributed by atoms with Crippen molar-refractivity contribution >= 4 is 11.9 Å². The van der Waals surface area contributed by atoms with E-state index < -0.39 is 0 Å². The predicted octanol–water partition coefficient (Wildman–Crippen LogP) is 0.950. The summed E-state index contributed by atoms with van der Waals surface area (Å²) in [5, 5.41) is 0. The van der Waals surface area contributed by atoms with Gasteiger partial charge in [-0.3, -0.25) is 4.79 Å². The predicted molar refractivity (Wildman–Crippen MR) is 51.7 cm³/mol. The molecule has 1 aliphatic heterocycles. The molecule has 0 N–H and O–H groups in total. The molecule has 1 saturated heterocycles. The van der Waals surface area contributed by atoms with Gasteiger partial charge in [-0.05, 0) is 19.8 Å². The van der Waals surface area contributed by atoms with Crippen molar-refractivity contribution in [3.63, 3.8) is 0 Å². The standard InChI is InChI=1S/C10H17NO3/c1-3-9(12)11-7-5-6-8(11)10(13)14-4-2/h8H,3-7H2,1-2H3. The molecule has 4 heteroatoms. The number of likely N-dealkylation sites (tertiary alicyclic amines) is 1. The van der Waals surface area contributed by atoms with Crippen molar-refractivity contribution in [2.75, 3.05) is 13.2 Å². The fourth-order valence-electron chi connectivity index (χ4n) is 1.75. The zero-order valence-corrected chi connectivity index (χ0v) is 8.78. The Bertz CT molecular complexity index is 227. The molecule has 0 aromatic rings. The van der Waals surface area contributed by atoms with E-state index in [1.165, 1.54) is 0 Å². The smallest absolute Gasteiger partial charge is 0.328 e. The quantitative estimate of drug-likeness (QED) is 0.636. The van der Waals surface area contributed by atoms with Gasteiger partial charge < -0.3 is 9.64 Å². The van der Waals surface area contributed by atoms with Crippen molar-refractivity contribution in [3.8, 4) is 0 Å². The number of hydrogen-bond acceptors (Lipinski definition) is 3. The minimum Gasteiger partial charge on any atom is -0.464 e. The van der Waals surface area contributed by atoms with Gasteiger partial charge in [0.2, 0.25) is 5.91 Å². The fraction of sp³-hybridized carbons (Fsp3) is 0.800. The van der Waals surface area contributed by atoms with Crippen LogP contribution in [0.25, 0.3) is 0 Å².